The van der Waals surface area contributed by atoms with E-state index in [1.807, 2.05) is 26.0 Å². The van der Waals surface area contributed by atoms with E-state index in [9.17, 15) is 19.2 Å². The van der Waals surface area contributed by atoms with Crippen molar-refractivity contribution >= 4 is 57.1 Å². The highest BCUT2D eigenvalue weighted by Gasteiger charge is 2.37. The Morgan fingerprint density at radius 3 is 2.29 bits per heavy atom. The van der Waals surface area contributed by atoms with E-state index in [1.165, 1.54) is 12.1 Å². The molecule has 11 nitrogen and oxygen atoms in total. The van der Waals surface area contributed by atoms with Crippen LogP contribution in [0.5, 0.6) is 23.0 Å². The van der Waals surface area contributed by atoms with E-state index in [2.05, 4.69) is 26.6 Å². The van der Waals surface area contributed by atoms with Crippen molar-refractivity contribution in [1.29, 1.82) is 0 Å². The lowest BCUT2D eigenvalue weighted by Crippen LogP contribution is -2.54. The lowest BCUT2D eigenvalue weighted by atomic mass is 10.1. The van der Waals surface area contributed by atoms with E-state index >= 15 is 0 Å². The first kappa shape index (κ1) is 33.1. The number of nitrogens with zero attached hydrogens (tertiary/aromatic N) is 1. The van der Waals surface area contributed by atoms with Gasteiger partial charge in [-0.15, -0.1) is 0 Å². The number of hydrogen-bond donors (Lipinski definition) is 2. The summed E-state index contributed by atoms with van der Waals surface area (Å²) in [7, 11) is 0. The Morgan fingerprint density at radius 2 is 1.60 bits per heavy atom. The van der Waals surface area contributed by atoms with Crippen molar-refractivity contribution in [1.82, 2.24) is 5.32 Å². The number of rotatable bonds is 13. The Labute approximate surface area is 269 Å². The van der Waals surface area contributed by atoms with Gasteiger partial charge in [0.2, 0.25) is 0 Å². The average molecular weight is 681 g/mol. The molecule has 1 aliphatic heterocycles. The molecule has 12 heteroatoms. The van der Waals surface area contributed by atoms with Gasteiger partial charge in [0, 0.05) is 11.8 Å². The molecule has 0 radical (unpaired) electrons. The maximum atomic E-state index is 13.6. The van der Waals surface area contributed by atoms with Crippen LogP contribution in [0.25, 0.3) is 6.08 Å². The Hall–Kier alpha value is -4.84. The first-order chi connectivity index (χ1) is 21.6. The number of carbonyl (C=O) groups is 4. The van der Waals surface area contributed by atoms with Gasteiger partial charge in [0.05, 0.1) is 30.0 Å². The molecule has 0 atom stereocenters. The van der Waals surface area contributed by atoms with E-state index in [0.717, 1.165) is 16.9 Å². The summed E-state index contributed by atoms with van der Waals surface area (Å²) in [4.78, 5) is 52.6. The molecule has 0 bridgehead atoms. The quantitative estimate of drug-likeness (QED) is 0.165. The van der Waals surface area contributed by atoms with Crippen LogP contribution in [0.4, 0.5) is 16.2 Å². The third-order valence-corrected chi connectivity index (χ3v) is 6.96. The Morgan fingerprint density at radius 1 is 0.889 bits per heavy atom. The van der Waals surface area contributed by atoms with Crippen molar-refractivity contribution in [3.8, 4) is 23.0 Å². The summed E-state index contributed by atoms with van der Waals surface area (Å²) in [6.45, 7) is 8.30. The fourth-order valence-electron chi connectivity index (χ4n) is 4.34. The summed E-state index contributed by atoms with van der Waals surface area (Å²) >= 11 is 3.45. The number of barbiturate groups is 1. The number of carbonyl (C=O) groups excluding carboxylic acids is 4. The molecule has 2 N–H and O–H groups in total. The molecule has 4 rings (SSSR count). The van der Waals surface area contributed by atoms with Crippen molar-refractivity contribution in [3.05, 3.63) is 75.8 Å². The molecule has 0 spiro atoms. The van der Waals surface area contributed by atoms with Crippen LogP contribution in [-0.4, -0.2) is 50.2 Å². The molecule has 1 fully saturated rings. The fraction of sp³-hybridized carbons (Fsp3) is 0.273. The third kappa shape index (κ3) is 8.21. The predicted octanol–water partition coefficient (Wildman–Crippen LogP) is 6.03. The Kier molecular flexibility index (Phi) is 11.2. The molecule has 3 aromatic rings. The number of imide groups is 2. The number of benzene rings is 3. The first-order valence-corrected chi connectivity index (χ1v) is 15.2. The lowest BCUT2D eigenvalue weighted by Gasteiger charge is -2.27. The molecule has 1 aliphatic rings. The summed E-state index contributed by atoms with van der Waals surface area (Å²) < 4.78 is 23.4. The van der Waals surface area contributed by atoms with Crippen LogP contribution >= 0.6 is 15.9 Å². The van der Waals surface area contributed by atoms with E-state index in [-0.39, 0.29) is 41.9 Å². The van der Waals surface area contributed by atoms with Crippen LogP contribution in [0.2, 0.25) is 0 Å². The van der Waals surface area contributed by atoms with Gasteiger partial charge in [-0.3, -0.25) is 19.7 Å². The Balaban J connectivity index is 1.59. The fourth-order valence-corrected chi connectivity index (χ4v) is 4.91. The van der Waals surface area contributed by atoms with Crippen LogP contribution in [0.15, 0.2) is 64.6 Å². The molecule has 5 amide bonds. The Bertz CT molecular complexity index is 1620. The summed E-state index contributed by atoms with van der Waals surface area (Å²) in [5.74, 6) is -0.661. The van der Waals surface area contributed by atoms with Crippen LogP contribution in [0.1, 0.15) is 38.3 Å². The van der Waals surface area contributed by atoms with E-state index < -0.39 is 17.8 Å². The minimum Gasteiger partial charge on any atom is -0.490 e. The third-order valence-electron chi connectivity index (χ3n) is 6.37. The smallest absolute Gasteiger partial charge is 0.335 e. The normalized spacial score (nSPS) is 13.8. The van der Waals surface area contributed by atoms with E-state index in [0.29, 0.717) is 40.4 Å². The number of nitrogens with one attached hydrogen (secondary N) is 2. The molecule has 1 saturated heterocycles. The highest BCUT2D eigenvalue weighted by Crippen LogP contribution is 2.38. The molecule has 0 saturated carbocycles. The molecule has 45 heavy (non-hydrogen) atoms. The highest BCUT2D eigenvalue weighted by atomic mass is 79.9. The number of anilines is 2. The van der Waals surface area contributed by atoms with Crippen molar-refractivity contribution in [2.75, 3.05) is 36.6 Å². The van der Waals surface area contributed by atoms with Crippen LogP contribution in [0.3, 0.4) is 0 Å². The standard InChI is InChI=1S/C33H34BrN3O8/c1-5-14-44-26-13-12-23(18-27(26)42-6-2)37-32(40)24(31(39)36-33(37)41)15-21-16-25(34)30(28(17-21)43-7-3)45-19-29(38)35-22-10-8-20(4)9-11-22/h8-13,15-18H,5-7,14,19H2,1-4H3,(H,35,38)(H,36,39,41)/b24-15+. The zero-order valence-electron chi connectivity index (χ0n) is 25.4. The summed E-state index contributed by atoms with van der Waals surface area (Å²) in [5, 5.41) is 5.00. The minimum atomic E-state index is -0.893. The maximum Gasteiger partial charge on any atom is 0.335 e. The molecule has 236 valence electrons. The second-order valence-electron chi connectivity index (χ2n) is 9.84. The SMILES string of the molecule is CCCOc1ccc(N2C(=O)NC(=O)/C(=C\c3cc(Br)c(OCC(=O)Nc4ccc(C)cc4)c(OCC)c3)C2=O)cc1OCC. The molecular weight excluding hydrogens is 646 g/mol. The van der Waals surface area contributed by atoms with Crippen LogP contribution < -0.4 is 34.5 Å². The number of halogens is 1. The number of ether oxygens (including phenoxy) is 4. The van der Waals surface area contributed by atoms with Crippen molar-refractivity contribution < 1.29 is 38.1 Å². The maximum absolute atomic E-state index is 13.6. The predicted molar refractivity (Wildman–Crippen MR) is 173 cm³/mol. The second-order valence-corrected chi connectivity index (χ2v) is 10.7. The topological polar surface area (TPSA) is 132 Å². The lowest BCUT2D eigenvalue weighted by molar-refractivity contribution is -0.122. The second kappa shape index (κ2) is 15.2. The van der Waals surface area contributed by atoms with Crippen LogP contribution in [-0.2, 0) is 14.4 Å². The molecule has 0 aliphatic carbocycles. The molecular formula is C33H34BrN3O8. The number of amides is 5. The van der Waals surface area contributed by atoms with Crippen molar-refractivity contribution in [3.63, 3.8) is 0 Å². The van der Waals surface area contributed by atoms with Crippen molar-refractivity contribution in [2.24, 2.45) is 0 Å². The van der Waals surface area contributed by atoms with Gasteiger partial charge in [0.1, 0.15) is 5.57 Å². The number of hydrogen-bond acceptors (Lipinski definition) is 8. The minimum absolute atomic E-state index is 0.201. The average Bonchev–Trinajstić information content (AvgIpc) is 3.00. The molecule has 1 heterocycles. The number of aryl methyl sites for hydroxylation is 1. The van der Waals surface area contributed by atoms with Crippen molar-refractivity contribution in [2.45, 2.75) is 34.1 Å². The van der Waals surface area contributed by atoms with E-state index in [1.54, 1.807) is 50.2 Å². The number of urea groups is 1. The summed E-state index contributed by atoms with van der Waals surface area (Å²) in [5.41, 5.74) is 2.04. The van der Waals surface area contributed by atoms with E-state index in [4.69, 9.17) is 18.9 Å². The summed E-state index contributed by atoms with van der Waals surface area (Å²) in [6, 6.07) is 14.3. The molecule has 0 aromatic heterocycles. The molecule has 3 aromatic carbocycles. The van der Waals surface area contributed by atoms with Gasteiger partial charge in [-0.05, 0) is 91.2 Å². The van der Waals surface area contributed by atoms with Gasteiger partial charge >= 0.3 is 6.03 Å². The van der Waals surface area contributed by atoms with Gasteiger partial charge in [-0.2, -0.15) is 0 Å². The van der Waals surface area contributed by atoms with Gasteiger partial charge in [0.15, 0.2) is 29.6 Å². The van der Waals surface area contributed by atoms with Gasteiger partial charge in [-0.1, -0.05) is 24.6 Å². The largest absolute Gasteiger partial charge is 0.490 e. The zero-order chi connectivity index (χ0) is 32.5. The zero-order valence-corrected chi connectivity index (χ0v) is 27.0. The monoisotopic (exact) mass is 679 g/mol. The summed E-state index contributed by atoms with van der Waals surface area (Å²) in [6.07, 6.45) is 2.13. The molecule has 0 unspecified atom stereocenters. The van der Waals surface area contributed by atoms with Gasteiger partial charge in [0.25, 0.3) is 17.7 Å². The van der Waals surface area contributed by atoms with Gasteiger partial charge < -0.3 is 24.3 Å². The van der Waals surface area contributed by atoms with Crippen LogP contribution in [0, 0.1) is 6.92 Å². The highest BCUT2D eigenvalue weighted by molar-refractivity contribution is 9.10. The first-order valence-electron chi connectivity index (χ1n) is 14.4. The van der Waals surface area contributed by atoms with Gasteiger partial charge in [-0.25, -0.2) is 9.69 Å².